The molecule has 0 aromatic carbocycles. The van der Waals surface area contributed by atoms with Crippen LogP contribution in [0.15, 0.2) is 17.6 Å². The number of hydrogen-bond acceptors (Lipinski definition) is 3. The molecule has 2 aromatic heterocycles. The lowest BCUT2D eigenvalue weighted by Gasteiger charge is -2.17. The summed E-state index contributed by atoms with van der Waals surface area (Å²) in [5.41, 5.74) is 3.77. The van der Waals surface area contributed by atoms with Crippen LogP contribution in [0, 0.1) is 0 Å². The van der Waals surface area contributed by atoms with Crippen molar-refractivity contribution in [3.63, 3.8) is 0 Å². The molecule has 0 bridgehead atoms. The Morgan fingerprint density at radius 3 is 2.72 bits per heavy atom. The minimum atomic E-state index is 0.0711. The van der Waals surface area contributed by atoms with Crippen LogP contribution in [0.1, 0.15) is 31.3 Å². The Balaban J connectivity index is 2.43. The van der Waals surface area contributed by atoms with Gasteiger partial charge in [-0.1, -0.05) is 20.8 Å². The van der Waals surface area contributed by atoms with Crippen molar-refractivity contribution in [3.05, 3.63) is 28.2 Å². The minimum absolute atomic E-state index is 0.0711. The van der Waals surface area contributed by atoms with Crippen LogP contribution in [0.4, 0.5) is 0 Å². The molecule has 2 rings (SSSR count). The molecule has 0 aliphatic heterocycles. The van der Waals surface area contributed by atoms with Gasteiger partial charge in [0.15, 0.2) is 0 Å². The van der Waals surface area contributed by atoms with Crippen molar-refractivity contribution in [1.82, 2.24) is 15.1 Å². The molecule has 1 N–H and O–H groups in total. The fourth-order valence-electron chi connectivity index (χ4n) is 2.04. The number of thiophene rings is 1. The van der Waals surface area contributed by atoms with Crippen LogP contribution in [-0.4, -0.2) is 16.8 Å². The van der Waals surface area contributed by atoms with Crippen molar-refractivity contribution in [2.24, 2.45) is 7.05 Å². The van der Waals surface area contributed by atoms with Crippen molar-refractivity contribution in [1.29, 1.82) is 0 Å². The third-order valence-electron chi connectivity index (χ3n) is 2.85. The highest BCUT2D eigenvalue weighted by atomic mass is 32.1. The van der Waals surface area contributed by atoms with Gasteiger partial charge in [-0.25, -0.2) is 0 Å². The average Bonchev–Trinajstić information content (AvgIpc) is 2.84. The van der Waals surface area contributed by atoms with Crippen molar-refractivity contribution < 1.29 is 0 Å². The Kier molecular flexibility index (Phi) is 3.59. The van der Waals surface area contributed by atoms with Gasteiger partial charge in [0.2, 0.25) is 0 Å². The largest absolute Gasteiger partial charge is 0.315 e. The van der Waals surface area contributed by atoms with Crippen molar-refractivity contribution in [3.8, 4) is 11.1 Å². The number of nitrogens with one attached hydrogen (secondary N) is 1. The molecule has 2 heterocycles. The number of aryl methyl sites for hydroxylation is 1. The van der Waals surface area contributed by atoms with E-state index in [2.05, 4.69) is 48.8 Å². The van der Waals surface area contributed by atoms with Gasteiger partial charge >= 0.3 is 0 Å². The van der Waals surface area contributed by atoms with Crippen molar-refractivity contribution in [2.45, 2.75) is 32.7 Å². The second-order valence-electron chi connectivity index (χ2n) is 5.65. The molecule has 0 aliphatic rings. The summed E-state index contributed by atoms with van der Waals surface area (Å²) < 4.78 is 1.91. The van der Waals surface area contributed by atoms with Gasteiger partial charge in [-0.05, 0) is 24.1 Å². The molecule has 0 aliphatic carbocycles. The third-order valence-corrected chi connectivity index (χ3v) is 3.79. The number of nitrogens with zero attached hydrogens (tertiary/aromatic N) is 2. The Morgan fingerprint density at radius 2 is 2.11 bits per heavy atom. The standard InChI is InChI=1S/C14H21N3S/c1-14(2,3)13-12(8-17(5)16-13)10-6-11(7-15-4)18-9-10/h6,8-9,15H,7H2,1-5H3. The molecule has 0 saturated carbocycles. The van der Waals surface area contributed by atoms with Gasteiger partial charge in [0.25, 0.3) is 0 Å². The average molecular weight is 263 g/mol. The summed E-state index contributed by atoms with van der Waals surface area (Å²) in [4.78, 5) is 1.36. The lowest BCUT2D eigenvalue weighted by atomic mass is 9.88. The Morgan fingerprint density at radius 1 is 1.39 bits per heavy atom. The molecular weight excluding hydrogens is 242 g/mol. The van der Waals surface area contributed by atoms with Crippen molar-refractivity contribution in [2.75, 3.05) is 7.05 Å². The third kappa shape index (κ3) is 2.65. The predicted octanol–water partition coefficient (Wildman–Crippen LogP) is 3.17. The first-order valence-electron chi connectivity index (χ1n) is 6.18. The highest BCUT2D eigenvalue weighted by Gasteiger charge is 2.23. The number of rotatable bonds is 3. The quantitative estimate of drug-likeness (QED) is 0.922. The summed E-state index contributed by atoms with van der Waals surface area (Å²) in [6, 6.07) is 2.26. The fraction of sp³-hybridized carbons (Fsp3) is 0.500. The summed E-state index contributed by atoms with van der Waals surface area (Å²) >= 11 is 1.80. The maximum Gasteiger partial charge on any atom is 0.0756 e. The maximum absolute atomic E-state index is 4.62. The van der Waals surface area contributed by atoms with E-state index in [1.165, 1.54) is 21.7 Å². The van der Waals surface area contributed by atoms with E-state index in [1.807, 2.05) is 18.8 Å². The van der Waals surface area contributed by atoms with Crippen LogP contribution in [0.3, 0.4) is 0 Å². The molecule has 3 nitrogen and oxygen atoms in total. The Bertz CT molecular complexity index is 531. The second-order valence-corrected chi connectivity index (χ2v) is 6.64. The molecule has 0 fully saturated rings. The lowest BCUT2D eigenvalue weighted by molar-refractivity contribution is 0.554. The zero-order chi connectivity index (χ0) is 13.3. The molecule has 0 spiro atoms. The van der Waals surface area contributed by atoms with E-state index in [9.17, 15) is 0 Å². The van der Waals surface area contributed by atoms with Gasteiger partial charge in [-0.3, -0.25) is 4.68 Å². The SMILES string of the molecule is CNCc1cc(-c2cn(C)nc2C(C)(C)C)cs1. The van der Waals surface area contributed by atoms with Crippen LogP contribution in [-0.2, 0) is 19.0 Å². The number of hydrogen-bond donors (Lipinski definition) is 1. The molecule has 18 heavy (non-hydrogen) atoms. The van der Waals surface area contributed by atoms with Crippen LogP contribution in [0.5, 0.6) is 0 Å². The van der Waals surface area contributed by atoms with E-state index in [0.717, 1.165) is 6.54 Å². The van der Waals surface area contributed by atoms with Crippen molar-refractivity contribution >= 4 is 11.3 Å². The Hall–Kier alpha value is -1.13. The molecule has 0 unspecified atom stereocenters. The smallest absolute Gasteiger partial charge is 0.0756 e. The summed E-state index contributed by atoms with van der Waals surface area (Å²) in [6.45, 7) is 7.55. The summed E-state index contributed by atoms with van der Waals surface area (Å²) in [5, 5.41) is 10.0. The molecule has 2 aromatic rings. The fourth-order valence-corrected chi connectivity index (χ4v) is 2.94. The van der Waals surface area contributed by atoms with Gasteiger partial charge in [-0.2, -0.15) is 5.10 Å². The zero-order valence-electron chi connectivity index (χ0n) is 11.7. The first-order valence-corrected chi connectivity index (χ1v) is 7.06. The molecule has 98 valence electrons. The van der Waals surface area contributed by atoms with Crippen LogP contribution in [0.25, 0.3) is 11.1 Å². The van der Waals surface area contributed by atoms with Crippen LogP contribution in [0.2, 0.25) is 0 Å². The van der Waals surface area contributed by atoms with E-state index in [4.69, 9.17) is 0 Å². The predicted molar refractivity (Wildman–Crippen MR) is 78.0 cm³/mol. The first-order chi connectivity index (χ1) is 8.41. The lowest BCUT2D eigenvalue weighted by Crippen LogP contribution is -2.13. The van der Waals surface area contributed by atoms with Crippen LogP contribution >= 0.6 is 11.3 Å². The molecule has 0 radical (unpaired) electrons. The van der Waals surface area contributed by atoms with Gasteiger partial charge in [0, 0.05) is 35.6 Å². The maximum atomic E-state index is 4.62. The van der Waals surface area contributed by atoms with Gasteiger partial charge in [0.1, 0.15) is 0 Å². The minimum Gasteiger partial charge on any atom is -0.315 e. The molecule has 0 amide bonds. The van der Waals surface area contributed by atoms with Gasteiger partial charge < -0.3 is 5.32 Å². The topological polar surface area (TPSA) is 29.9 Å². The van der Waals surface area contributed by atoms with Crippen LogP contribution < -0.4 is 5.32 Å². The van der Waals surface area contributed by atoms with E-state index in [0.29, 0.717) is 0 Å². The highest BCUT2D eigenvalue weighted by Crippen LogP contribution is 2.34. The normalized spacial score (nSPS) is 12.1. The van der Waals surface area contributed by atoms with E-state index in [1.54, 1.807) is 11.3 Å². The Labute approximate surface area is 113 Å². The van der Waals surface area contributed by atoms with Gasteiger partial charge in [0.05, 0.1) is 5.69 Å². The summed E-state index contributed by atoms with van der Waals surface area (Å²) in [7, 11) is 3.96. The molecular formula is C14H21N3S. The first kappa shape index (κ1) is 13.3. The van der Waals surface area contributed by atoms with E-state index in [-0.39, 0.29) is 5.41 Å². The molecule has 0 atom stereocenters. The van der Waals surface area contributed by atoms with E-state index < -0.39 is 0 Å². The zero-order valence-corrected chi connectivity index (χ0v) is 12.6. The summed E-state index contributed by atoms with van der Waals surface area (Å²) in [5.74, 6) is 0. The molecule has 0 saturated heterocycles. The molecule has 4 heteroatoms. The second kappa shape index (κ2) is 4.86. The van der Waals surface area contributed by atoms with E-state index >= 15 is 0 Å². The number of aromatic nitrogens is 2. The summed E-state index contributed by atoms with van der Waals surface area (Å²) in [6.07, 6.45) is 2.12. The monoisotopic (exact) mass is 263 g/mol. The van der Waals surface area contributed by atoms with Gasteiger partial charge in [-0.15, -0.1) is 11.3 Å². The highest BCUT2D eigenvalue weighted by molar-refractivity contribution is 7.10.